The summed E-state index contributed by atoms with van der Waals surface area (Å²) in [5, 5.41) is 8.73. The number of carbonyl (C=O) groups is 1. The van der Waals surface area contributed by atoms with Crippen LogP contribution >= 0.6 is 0 Å². The molecule has 0 radical (unpaired) electrons. The summed E-state index contributed by atoms with van der Waals surface area (Å²) in [7, 11) is 0. The van der Waals surface area contributed by atoms with Crippen LogP contribution in [0, 0.1) is 0 Å². The quantitative estimate of drug-likeness (QED) is 0.339. The van der Waals surface area contributed by atoms with Crippen molar-refractivity contribution >= 4 is 11.8 Å². The normalized spacial score (nSPS) is 16.6. The first-order valence-corrected chi connectivity index (χ1v) is 4.80. The Kier molecular flexibility index (Phi) is 5.62. The first-order chi connectivity index (χ1) is 6.86. The van der Waals surface area contributed by atoms with Gasteiger partial charge in [0.1, 0.15) is 5.54 Å². The second-order valence-electron chi connectivity index (χ2n) is 3.71. The highest BCUT2D eigenvalue weighted by Gasteiger charge is 2.26. The molecule has 0 aromatic carbocycles. The van der Waals surface area contributed by atoms with Gasteiger partial charge in [-0.3, -0.25) is 9.79 Å². The number of hydrogen-bond acceptors (Lipinski definition) is 3. The average molecular weight is 213 g/mol. The molecule has 5 heteroatoms. The minimum absolute atomic E-state index is 0.407. The lowest BCUT2D eigenvalue weighted by Crippen LogP contribution is -2.44. The molecule has 0 bridgehead atoms. The van der Waals surface area contributed by atoms with Gasteiger partial charge in [-0.15, -0.1) is 0 Å². The van der Waals surface area contributed by atoms with Crippen molar-refractivity contribution in [3.8, 4) is 0 Å². The van der Waals surface area contributed by atoms with E-state index >= 15 is 0 Å². The Balaban J connectivity index is 3.80. The SMILES string of the molecule is CC(N)=NC/C=C/CCC(C)(N)C(=O)O. The van der Waals surface area contributed by atoms with Gasteiger partial charge in [0.25, 0.3) is 0 Å². The minimum atomic E-state index is -1.16. The molecule has 5 nitrogen and oxygen atoms in total. The first-order valence-electron chi connectivity index (χ1n) is 4.80. The molecule has 0 spiro atoms. The zero-order chi connectivity index (χ0) is 11.9. The number of allylic oxidation sites excluding steroid dienone is 1. The maximum atomic E-state index is 10.6. The number of aliphatic carboxylic acids is 1. The van der Waals surface area contributed by atoms with Crippen molar-refractivity contribution in [2.45, 2.75) is 32.2 Å². The number of carboxylic acid groups (broad SMARTS) is 1. The number of carboxylic acids is 1. The molecule has 0 aliphatic rings. The monoisotopic (exact) mass is 213 g/mol. The maximum Gasteiger partial charge on any atom is 0.323 e. The van der Waals surface area contributed by atoms with E-state index in [0.717, 1.165) is 0 Å². The molecule has 0 fully saturated rings. The van der Waals surface area contributed by atoms with E-state index in [1.807, 2.05) is 12.2 Å². The highest BCUT2D eigenvalue weighted by atomic mass is 16.4. The maximum absolute atomic E-state index is 10.6. The fraction of sp³-hybridized carbons (Fsp3) is 0.600. The van der Waals surface area contributed by atoms with Gasteiger partial charge in [0.2, 0.25) is 0 Å². The number of hydrogen-bond donors (Lipinski definition) is 3. The van der Waals surface area contributed by atoms with Gasteiger partial charge in [0, 0.05) is 0 Å². The number of amidine groups is 1. The highest BCUT2D eigenvalue weighted by molar-refractivity contribution is 5.78. The van der Waals surface area contributed by atoms with Crippen LogP contribution in [0.1, 0.15) is 26.7 Å². The van der Waals surface area contributed by atoms with Gasteiger partial charge in [-0.2, -0.15) is 0 Å². The van der Waals surface area contributed by atoms with Gasteiger partial charge >= 0.3 is 5.97 Å². The zero-order valence-corrected chi connectivity index (χ0v) is 9.23. The number of nitrogens with two attached hydrogens (primary N) is 2. The van der Waals surface area contributed by atoms with Crippen LogP contribution in [0.25, 0.3) is 0 Å². The van der Waals surface area contributed by atoms with Gasteiger partial charge in [0.15, 0.2) is 0 Å². The molecule has 86 valence electrons. The number of rotatable bonds is 6. The molecule has 15 heavy (non-hydrogen) atoms. The van der Waals surface area contributed by atoms with Crippen LogP contribution in [0.2, 0.25) is 0 Å². The van der Waals surface area contributed by atoms with E-state index in [9.17, 15) is 4.79 Å². The second kappa shape index (κ2) is 6.19. The van der Waals surface area contributed by atoms with Crippen LogP contribution in [-0.2, 0) is 4.79 Å². The van der Waals surface area contributed by atoms with Crippen LogP contribution in [0.4, 0.5) is 0 Å². The molecule has 5 N–H and O–H groups in total. The van der Waals surface area contributed by atoms with Crippen LogP contribution in [-0.4, -0.2) is 29.0 Å². The Morgan fingerprint density at radius 1 is 1.53 bits per heavy atom. The first kappa shape index (κ1) is 13.6. The fourth-order valence-electron chi connectivity index (χ4n) is 0.879. The largest absolute Gasteiger partial charge is 0.480 e. The third-order valence-corrected chi connectivity index (χ3v) is 1.93. The molecule has 0 aromatic heterocycles. The highest BCUT2D eigenvalue weighted by Crippen LogP contribution is 2.09. The van der Waals surface area contributed by atoms with E-state index in [4.69, 9.17) is 16.6 Å². The predicted octanol–water partition coefficient (Wildman–Crippen LogP) is 0.502. The molecule has 0 aromatic rings. The fourth-order valence-corrected chi connectivity index (χ4v) is 0.879. The smallest absolute Gasteiger partial charge is 0.323 e. The van der Waals surface area contributed by atoms with Crippen LogP contribution < -0.4 is 11.5 Å². The molecule has 0 saturated heterocycles. The molecule has 0 amide bonds. The van der Waals surface area contributed by atoms with E-state index in [0.29, 0.717) is 25.2 Å². The molecule has 0 aliphatic carbocycles. The van der Waals surface area contributed by atoms with Crippen molar-refractivity contribution < 1.29 is 9.90 Å². The second-order valence-corrected chi connectivity index (χ2v) is 3.71. The average Bonchev–Trinajstić information content (AvgIpc) is 2.10. The third-order valence-electron chi connectivity index (χ3n) is 1.93. The number of aliphatic imine (C=N–C) groups is 1. The molecule has 0 heterocycles. The van der Waals surface area contributed by atoms with Gasteiger partial charge in [0.05, 0.1) is 12.4 Å². The van der Waals surface area contributed by atoms with E-state index in [-0.39, 0.29) is 0 Å². The van der Waals surface area contributed by atoms with E-state index in [2.05, 4.69) is 4.99 Å². The van der Waals surface area contributed by atoms with Crippen molar-refractivity contribution in [1.29, 1.82) is 0 Å². The summed E-state index contributed by atoms with van der Waals surface area (Å²) in [6.45, 7) is 3.75. The zero-order valence-electron chi connectivity index (χ0n) is 9.23. The van der Waals surface area contributed by atoms with Crippen molar-refractivity contribution in [2.75, 3.05) is 6.54 Å². The third kappa shape index (κ3) is 6.68. The van der Waals surface area contributed by atoms with Gasteiger partial charge < -0.3 is 16.6 Å². The summed E-state index contributed by atoms with van der Waals surface area (Å²) < 4.78 is 0. The molecule has 0 rings (SSSR count). The molecule has 0 saturated carbocycles. The van der Waals surface area contributed by atoms with Crippen LogP contribution in [0.5, 0.6) is 0 Å². The van der Waals surface area contributed by atoms with Gasteiger partial charge in [-0.05, 0) is 26.7 Å². The van der Waals surface area contributed by atoms with Crippen molar-refractivity contribution in [2.24, 2.45) is 16.5 Å². The van der Waals surface area contributed by atoms with Crippen LogP contribution in [0.15, 0.2) is 17.1 Å². The Hall–Kier alpha value is -1.36. The molecule has 1 atom stereocenters. The lowest BCUT2D eigenvalue weighted by molar-refractivity contribution is -0.142. The van der Waals surface area contributed by atoms with E-state index in [1.165, 1.54) is 6.92 Å². The molecular weight excluding hydrogens is 194 g/mol. The van der Waals surface area contributed by atoms with Crippen molar-refractivity contribution in [1.82, 2.24) is 0 Å². The Morgan fingerprint density at radius 3 is 2.60 bits per heavy atom. The lowest BCUT2D eigenvalue weighted by Gasteiger charge is -2.17. The summed E-state index contributed by atoms with van der Waals surface area (Å²) in [6.07, 6.45) is 4.73. The summed E-state index contributed by atoms with van der Waals surface area (Å²) in [6, 6.07) is 0. The predicted molar refractivity (Wildman–Crippen MR) is 60.8 cm³/mol. The van der Waals surface area contributed by atoms with Crippen LogP contribution in [0.3, 0.4) is 0 Å². The molecule has 0 aliphatic heterocycles. The van der Waals surface area contributed by atoms with Crippen molar-refractivity contribution in [3.63, 3.8) is 0 Å². The standard InChI is InChI=1S/C10H19N3O2/c1-8(11)13-7-5-3-4-6-10(2,12)9(14)15/h3,5H,4,6-7,12H2,1-2H3,(H2,11,13)(H,14,15)/b5-3+. The summed E-state index contributed by atoms with van der Waals surface area (Å²) in [5.41, 5.74) is 9.72. The van der Waals surface area contributed by atoms with E-state index < -0.39 is 11.5 Å². The number of nitrogens with zero attached hydrogens (tertiary/aromatic N) is 1. The molecular formula is C10H19N3O2. The van der Waals surface area contributed by atoms with Gasteiger partial charge in [-0.1, -0.05) is 12.2 Å². The van der Waals surface area contributed by atoms with E-state index in [1.54, 1.807) is 6.92 Å². The topological polar surface area (TPSA) is 102 Å². The lowest BCUT2D eigenvalue weighted by atomic mass is 9.97. The van der Waals surface area contributed by atoms with Crippen molar-refractivity contribution in [3.05, 3.63) is 12.2 Å². The van der Waals surface area contributed by atoms with Gasteiger partial charge in [-0.25, -0.2) is 0 Å². The Labute approximate surface area is 89.9 Å². The Bertz CT molecular complexity index is 266. The Morgan fingerprint density at radius 2 is 2.13 bits per heavy atom. The molecule has 1 unspecified atom stereocenters. The summed E-state index contributed by atoms with van der Waals surface area (Å²) in [4.78, 5) is 14.6. The summed E-state index contributed by atoms with van der Waals surface area (Å²) in [5.74, 6) is -0.444. The minimum Gasteiger partial charge on any atom is -0.480 e. The summed E-state index contributed by atoms with van der Waals surface area (Å²) >= 11 is 0.